The van der Waals surface area contributed by atoms with Crippen LogP contribution in [0.4, 0.5) is 0 Å². The average molecular weight is 341 g/mol. The summed E-state index contributed by atoms with van der Waals surface area (Å²) in [4.78, 5) is 16.4. The SMILES string of the molecule is CCc1ccc(-c2nc(C(=O)N/N=C\c3ccsc3)cs2)cc1. The number of nitrogens with one attached hydrogen (secondary N) is 1. The van der Waals surface area contributed by atoms with Gasteiger partial charge in [-0.1, -0.05) is 31.2 Å². The van der Waals surface area contributed by atoms with Crippen molar-refractivity contribution in [1.82, 2.24) is 10.4 Å². The molecule has 0 saturated heterocycles. The molecule has 0 unspecified atom stereocenters. The van der Waals surface area contributed by atoms with E-state index in [4.69, 9.17) is 0 Å². The number of aryl methyl sites for hydroxylation is 1. The van der Waals surface area contributed by atoms with Crippen molar-refractivity contribution in [2.24, 2.45) is 5.10 Å². The lowest BCUT2D eigenvalue weighted by atomic mass is 10.1. The van der Waals surface area contributed by atoms with Gasteiger partial charge in [0.05, 0.1) is 6.21 Å². The van der Waals surface area contributed by atoms with E-state index in [1.54, 1.807) is 22.9 Å². The fourth-order valence-corrected chi connectivity index (χ4v) is 3.38. The Kier molecular flexibility index (Phi) is 4.95. The van der Waals surface area contributed by atoms with Crippen molar-refractivity contribution < 1.29 is 4.79 Å². The summed E-state index contributed by atoms with van der Waals surface area (Å²) in [5, 5.41) is 10.4. The molecule has 0 atom stereocenters. The van der Waals surface area contributed by atoms with Gasteiger partial charge in [-0.2, -0.15) is 16.4 Å². The number of benzene rings is 1. The number of nitrogens with zero attached hydrogens (tertiary/aromatic N) is 2. The molecule has 0 aliphatic carbocycles. The third-order valence-electron chi connectivity index (χ3n) is 3.27. The highest BCUT2D eigenvalue weighted by atomic mass is 32.1. The molecule has 23 heavy (non-hydrogen) atoms. The number of hydrogen-bond acceptors (Lipinski definition) is 5. The van der Waals surface area contributed by atoms with E-state index in [0.29, 0.717) is 5.69 Å². The first-order valence-corrected chi connectivity index (χ1v) is 8.99. The van der Waals surface area contributed by atoms with Crippen LogP contribution in [-0.2, 0) is 6.42 Å². The summed E-state index contributed by atoms with van der Waals surface area (Å²) in [5.74, 6) is -0.302. The van der Waals surface area contributed by atoms with Crippen molar-refractivity contribution in [2.75, 3.05) is 0 Å². The zero-order valence-electron chi connectivity index (χ0n) is 12.5. The van der Waals surface area contributed by atoms with Gasteiger partial charge in [-0.25, -0.2) is 10.4 Å². The number of thiophene rings is 1. The highest BCUT2D eigenvalue weighted by Crippen LogP contribution is 2.24. The maximum Gasteiger partial charge on any atom is 0.290 e. The molecule has 3 rings (SSSR count). The van der Waals surface area contributed by atoms with E-state index >= 15 is 0 Å². The average Bonchev–Trinajstić information content (AvgIpc) is 3.26. The molecule has 0 aliphatic rings. The summed E-state index contributed by atoms with van der Waals surface area (Å²) in [6.45, 7) is 2.12. The first-order valence-electron chi connectivity index (χ1n) is 7.16. The van der Waals surface area contributed by atoms with Gasteiger partial charge in [-0.3, -0.25) is 4.79 Å². The van der Waals surface area contributed by atoms with Crippen molar-refractivity contribution in [3.05, 3.63) is 63.3 Å². The number of hydrazone groups is 1. The maximum absolute atomic E-state index is 12.0. The number of carbonyl (C=O) groups excluding carboxylic acids is 1. The maximum atomic E-state index is 12.0. The molecule has 6 heteroatoms. The van der Waals surface area contributed by atoms with Crippen LogP contribution in [0.25, 0.3) is 10.6 Å². The third-order valence-corrected chi connectivity index (χ3v) is 4.86. The van der Waals surface area contributed by atoms with Crippen LogP contribution in [0.5, 0.6) is 0 Å². The highest BCUT2D eigenvalue weighted by molar-refractivity contribution is 7.13. The lowest BCUT2D eigenvalue weighted by Crippen LogP contribution is -2.17. The molecule has 0 spiro atoms. The molecule has 1 aromatic carbocycles. The van der Waals surface area contributed by atoms with Crippen LogP contribution in [0.1, 0.15) is 28.5 Å². The second-order valence-corrected chi connectivity index (χ2v) is 6.48. The number of amides is 1. The van der Waals surface area contributed by atoms with Crippen LogP contribution in [0.3, 0.4) is 0 Å². The van der Waals surface area contributed by atoms with Gasteiger partial charge < -0.3 is 0 Å². The largest absolute Gasteiger partial charge is 0.290 e. The van der Waals surface area contributed by atoms with Gasteiger partial charge >= 0.3 is 0 Å². The van der Waals surface area contributed by atoms with Crippen LogP contribution in [-0.4, -0.2) is 17.1 Å². The molecule has 3 aromatic rings. The zero-order chi connectivity index (χ0) is 16.1. The van der Waals surface area contributed by atoms with E-state index in [1.165, 1.54) is 16.9 Å². The molecular weight excluding hydrogens is 326 g/mol. The Labute approximate surface area is 142 Å². The van der Waals surface area contributed by atoms with Gasteiger partial charge in [-0.15, -0.1) is 11.3 Å². The van der Waals surface area contributed by atoms with Crippen LogP contribution in [0, 0.1) is 0 Å². The second-order valence-electron chi connectivity index (χ2n) is 4.84. The van der Waals surface area contributed by atoms with E-state index in [0.717, 1.165) is 22.6 Å². The summed E-state index contributed by atoms with van der Waals surface area (Å²) in [7, 11) is 0. The van der Waals surface area contributed by atoms with Crippen molar-refractivity contribution >= 4 is 34.8 Å². The second kappa shape index (κ2) is 7.30. The molecule has 1 amide bonds. The smallest absolute Gasteiger partial charge is 0.266 e. The molecule has 4 nitrogen and oxygen atoms in total. The zero-order valence-corrected chi connectivity index (χ0v) is 14.2. The summed E-state index contributed by atoms with van der Waals surface area (Å²) >= 11 is 3.04. The summed E-state index contributed by atoms with van der Waals surface area (Å²) in [6, 6.07) is 10.2. The van der Waals surface area contributed by atoms with Crippen LogP contribution in [0.15, 0.2) is 51.6 Å². The minimum Gasteiger partial charge on any atom is -0.266 e. The predicted molar refractivity (Wildman–Crippen MR) is 96.3 cm³/mol. The molecule has 0 saturated carbocycles. The minimum absolute atomic E-state index is 0.302. The van der Waals surface area contributed by atoms with Gasteiger partial charge in [0.25, 0.3) is 5.91 Å². The van der Waals surface area contributed by atoms with Gasteiger partial charge in [0.1, 0.15) is 10.7 Å². The Morgan fingerprint density at radius 2 is 2.09 bits per heavy atom. The topological polar surface area (TPSA) is 54.4 Å². The highest BCUT2D eigenvalue weighted by Gasteiger charge is 2.11. The number of carbonyl (C=O) groups is 1. The molecule has 2 aromatic heterocycles. The fourth-order valence-electron chi connectivity index (χ4n) is 1.96. The first kappa shape index (κ1) is 15.6. The molecule has 0 fully saturated rings. The Bertz CT molecular complexity index is 805. The standard InChI is InChI=1S/C17H15N3OS2/c1-2-12-3-5-14(6-4-12)17-19-15(11-23-17)16(21)20-18-9-13-7-8-22-10-13/h3-11H,2H2,1H3,(H,20,21)/b18-9-. The van der Waals surface area contributed by atoms with E-state index in [9.17, 15) is 4.79 Å². The first-order chi connectivity index (χ1) is 11.3. The van der Waals surface area contributed by atoms with E-state index in [-0.39, 0.29) is 5.91 Å². The van der Waals surface area contributed by atoms with Gasteiger partial charge in [-0.05, 0) is 28.8 Å². The predicted octanol–water partition coefficient (Wildman–Crippen LogP) is 4.20. The molecule has 1 N–H and O–H groups in total. The number of aromatic nitrogens is 1. The van der Waals surface area contributed by atoms with Gasteiger partial charge in [0.2, 0.25) is 0 Å². The summed E-state index contributed by atoms with van der Waals surface area (Å²) in [5.41, 5.74) is 6.15. The number of hydrogen-bond donors (Lipinski definition) is 1. The van der Waals surface area contributed by atoms with E-state index in [2.05, 4.69) is 34.6 Å². The Hall–Kier alpha value is -2.31. The van der Waals surface area contributed by atoms with Gasteiger partial charge in [0.15, 0.2) is 0 Å². The summed E-state index contributed by atoms with van der Waals surface area (Å²) < 4.78 is 0. The monoisotopic (exact) mass is 341 g/mol. The molecule has 116 valence electrons. The lowest BCUT2D eigenvalue weighted by molar-refractivity contribution is 0.0951. The van der Waals surface area contributed by atoms with Gasteiger partial charge in [0, 0.05) is 16.5 Å². The molecule has 0 radical (unpaired) electrons. The Balaban J connectivity index is 1.67. The number of thiazole rings is 1. The lowest BCUT2D eigenvalue weighted by Gasteiger charge is -1.99. The van der Waals surface area contributed by atoms with Crippen LogP contribution in [0.2, 0.25) is 0 Å². The third kappa shape index (κ3) is 3.91. The van der Waals surface area contributed by atoms with Crippen molar-refractivity contribution in [1.29, 1.82) is 0 Å². The quantitative estimate of drug-likeness (QED) is 0.558. The Morgan fingerprint density at radius 3 is 2.78 bits per heavy atom. The Morgan fingerprint density at radius 1 is 1.26 bits per heavy atom. The van der Waals surface area contributed by atoms with Crippen molar-refractivity contribution in [3.63, 3.8) is 0 Å². The molecule has 2 heterocycles. The van der Waals surface area contributed by atoms with Crippen LogP contribution >= 0.6 is 22.7 Å². The molecule has 0 bridgehead atoms. The summed E-state index contributed by atoms with van der Waals surface area (Å²) in [6.07, 6.45) is 2.62. The fraction of sp³-hybridized carbons (Fsp3) is 0.118. The van der Waals surface area contributed by atoms with E-state index < -0.39 is 0 Å². The van der Waals surface area contributed by atoms with Crippen molar-refractivity contribution in [3.8, 4) is 10.6 Å². The molecular formula is C17H15N3OS2. The van der Waals surface area contributed by atoms with Crippen molar-refractivity contribution in [2.45, 2.75) is 13.3 Å². The van der Waals surface area contributed by atoms with E-state index in [1.807, 2.05) is 29.0 Å². The minimum atomic E-state index is -0.302. The number of rotatable bonds is 5. The normalized spacial score (nSPS) is 11.0. The van der Waals surface area contributed by atoms with Crippen LogP contribution < -0.4 is 5.43 Å². The molecule has 0 aliphatic heterocycles.